The van der Waals surface area contributed by atoms with Crippen LogP contribution < -0.4 is 27.2 Å². The average Bonchev–Trinajstić information content (AvgIpc) is 3.54. The molecule has 6 N–H and O–H groups in total. The highest BCUT2D eigenvalue weighted by atomic mass is 19.4. The number of hydrogen-bond donors (Lipinski definition) is 4. The van der Waals surface area contributed by atoms with Gasteiger partial charge in [0.15, 0.2) is 0 Å². The predicted molar refractivity (Wildman–Crippen MR) is 152 cm³/mol. The number of rotatable bonds is 9. The molecule has 1 aliphatic rings. The topological polar surface area (TPSA) is 117 Å². The lowest BCUT2D eigenvalue weighted by Gasteiger charge is -2.20. The number of carbonyl (C=O) groups excluding carboxylic acids is 1. The SMILES string of the molecule is Cc1ccc(NC(=O)c2cc(C(F)(F)F)ccc2NCCN2CCCC2)cc1N(N)/C=C(\N)c1cnn(C)c1C. The molecule has 12 heteroatoms. The van der Waals surface area contributed by atoms with Gasteiger partial charge >= 0.3 is 6.18 Å². The molecule has 0 radical (unpaired) electrons. The lowest BCUT2D eigenvalue weighted by atomic mass is 10.1. The van der Waals surface area contributed by atoms with Crippen molar-refractivity contribution in [1.29, 1.82) is 0 Å². The summed E-state index contributed by atoms with van der Waals surface area (Å²) in [6.45, 7) is 6.97. The van der Waals surface area contributed by atoms with E-state index < -0.39 is 17.6 Å². The normalized spacial score (nSPS) is 14.4. The van der Waals surface area contributed by atoms with Crippen LogP contribution in [0.3, 0.4) is 0 Å². The number of nitrogens with one attached hydrogen (secondary N) is 2. The van der Waals surface area contributed by atoms with E-state index in [0.29, 0.717) is 29.3 Å². The first-order valence-electron chi connectivity index (χ1n) is 13.0. The van der Waals surface area contributed by atoms with Crippen LogP contribution in [0.4, 0.5) is 30.2 Å². The molecule has 0 aliphatic carbocycles. The number of hydrogen-bond acceptors (Lipinski definition) is 7. The minimum absolute atomic E-state index is 0.0980. The molecule has 1 aliphatic heterocycles. The van der Waals surface area contributed by atoms with Gasteiger partial charge in [0.2, 0.25) is 0 Å². The van der Waals surface area contributed by atoms with E-state index in [-0.39, 0.29) is 5.56 Å². The maximum atomic E-state index is 13.5. The summed E-state index contributed by atoms with van der Waals surface area (Å²) in [5.74, 6) is 5.63. The molecule has 0 atom stereocenters. The zero-order valence-electron chi connectivity index (χ0n) is 22.8. The fraction of sp³-hybridized carbons (Fsp3) is 0.357. The summed E-state index contributed by atoms with van der Waals surface area (Å²) in [7, 11) is 1.81. The summed E-state index contributed by atoms with van der Waals surface area (Å²) in [5, 5.41) is 11.4. The van der Waals surface area contributed by atoms with Gasteiger partial charge in [-0.15, -0.1) is 0 Å². The third kappa shape index (κ3) is 6.75. The van der Waals surface area contributed by atoms with Crippen molar-refractivity contribution in [2.24, 2.45) is 18.6 Å². The highest BCUT2D eigenvalue weighted by Crippen LogP contribution is 2.32. The zero-order valence-corrected chi connectivity index (χ0v) is 22.8. The van der Waals surface area contributed by atoms with E-state index in [9.17, 15) is 18.0 Å². The number of nitrogens with two attached hydrogens (primary N) is 2. The van der Waals surface area contributed by atoms with Crippen LogP contribution in [-0.4, -0.2) is 46.8 Å². The van der Waals surface area contributed by atoms with Crippen molar-refractivity contribution in [2.75, 3.05) is 41.8 Å². The van der Waals surface area contributed by atoms with E-state index in [1.54, 1.807) is 35.3 Å². The molecule has 0 saturated carbocycles. The first-order chi connectivity index (χ1) is 18.9. The molecule has 214 valence electrons. The largest absolute Gasteiger partial charge is 0.416 e. The molecule has 0 bridgehead atoms. The third-order valence-corrected chi connectivity index (χ3v) is 7.10. The molecule has 2 aromatic carbocycles. The van der Waals surface area contributed by atoms with Crippen molar-refractivity contribution in [3.05, 3.63) is 76.7 Å². The van der Waals surface area contributed by atoms with Gasteiger partial charge in [0.25, 0.3) is 5.91 Å². The van der Waals surface area contributed by atoms with E-state index in [2.05, 4.69) is 20.6 Å². The van der Waals surface area contributed by atoms with E-state index >= 15 is 0 Å². The standard InChI is InChI=1S/C28H35F3N8O/c1-18-6-8-21(15-26(18)39(33)17-24(32)23-16-35-37(3)19(23)2)36-27(40)22-14-20(28(29,30)31)7-9-25(22)34-10-13-38-11-4-5-12-38/h6-9,14-17,34H,4-5,10-13,32-33H2,1-3H3,(H,36,40)/b24-17-. The van der Waals surface area contributed by atoms with Gasteiger partial charge in [0.1, 0.15) is 0 Å². The molecule has 2 heterocycles. The number of carbonyl (C=O) groups is 1. The smallest absolute Gasteiger partial charge is 0.397 e. The highest BCUT2D eigenvalue weighted by Gasteiger charge is 2.32. The second-order valence-corrected chi connectivity index (χ2v) is 9.95. The number of aromatic nitrogens is 2. The molecule has 0 unspecified atom stereocenters. The first kappa shape index (κ1) is 29.0. The van der Waals surface area contributed by atoms with E-state index in [4.69, 9.17) is 11.6 Å². The number of anilines is 3. The van der Waals surface area contributed by atoms with E-state index in [1.807, 2.05) is 20.9 Å². The molecular formula is C28H35F3N8O. The van der Waals surface area contributed by atoms with Crippen LogP contribution in [0, 0.1) is 13.8 Å². The molecule has 3 aromatic rings. The Hall–Kier alpha value is -4.03. The monoisotopic (exact) mass is 556 g/mol. The second-order valence-electron chi connectivity index (χ2n) is 9.95. The summed E-state index contributed by atoms with van der Waals surface area (Å²) in [5.41, 5.74) is 9.31. The Labute approximate surface area is 231 Å². The Bertz CT molecular complexity index is 1390. The molecule has 1 aromatic heterocycles. The number of nitrogens with zero attached hydrogens (tertiary/aromatic N) is 4. The molecular weight excluding hydrogens is 521 g/mol. The van der Waals surface area contributed by atoms with Gasteiger partial charge in [-0.2, -0.15) is 18.3 Å². The maximum absolute atomic E-state index is 13.5. The van der Waals surface area contributed by atoms with Crippen LogP contribution >= 0.6 is 0 Å². The second kappa shape index (κ2) is 12.0. The number of amides is 1. The summed E-state index contributed by atoms with van der Waals surface area (Å²) in [6, 6.07) is 8.21. The number of benzene rings is 2. The highest BCUT2D eigenvalue weighted by molar-refractivity contribution is 6.08. The number of likely N-dealkylation sites (tertiary alicyclic amines) is 1. The minimum Gasteiger partial charge on any atom is -0.397 e. The molecule has 1 fully saturated rings. The fourth-order valence-electron chi connectivity index (χ4n) is 4.65. The van der Waals surface area contributed by atoms with Crippen molar-refractivity contribution in [2.45, 2.75) is 32.9 Å². The number of alkyl halides is 3. The van der Waals surface area contributed by atoms with Crippen molar-refractivity contribution in [1.82, 2.24) is 14.7 Å². The summed E-state index contributed by atoms with van der Waals surface area (Å²) in [4.78, 5) is 15.6. The van der Waals surface area contributed by atoms with Crippen LogP contribution in [-0.2, 0) is 13.2 Å². The van der Waals surface area contributed by atoms with Crippen LogP contribution in [0.2, 0.25) is 0 Å². The van der Waals surface area contributed by atoms with Gasteiger partial charge in [-0.25, -0.2) is 5.84 Å². The van der Waals surface area contributed by atoms with Gasteiger partial charge in [0, 0.05) is 49.0 Å². The molecule has 40 heavy (non-hydrogen) atoms. The Morgan fingerprint density at radius 1 is 1.12 bits per heavy atom. The number of aryl methyl sites for hydroxylation is 2. The van der Waals surface area contributed by atoms with Crippen molar-refractivity contribution in [3.8, 4) is 0 Å². The molecule has 1 saturated heterocycles. The summed E-state index contributed by atoms with van der Waals surface area (Å²) in [6.07, 6.45) is 0.882. The van der Waals surface area contributed by atoms with Crippen LogP contribution in [0.5, 0.6) is 0 Å². The molecule has 1 amide bonds. The van der Waals surface area contributed by atoms with Gasteiger partial charge in [-0.3, -0.25) is 14.5 Å². The summed E-state index contributed by atoms with van der Waals surface area (Å²) < 4.78 is 42.2. The van der Waals surface area contributed by atoms with Gasteiger partial charge in [-0.05, 0) is 75.7 Å². The zero-order chi connectivity index (χ0) is 29.0. The predicted octanol–water partition coefficient (Wildman–Crippen LogP) is 4.45. The Morgan fingerprint density at radius 3 is 2.50 bits per heavy atom. The van der Waals surface area contributed by atoms with Gasteiger partial charge in [0.05, 0.1) is 28.7 Å². The Balaban J connectivity index is 1.55. The molecule has 9 nitrogen and oxygen atoms in total. The maximum Gasteiger partial charge on any atom is 0.416 e. The molecule has 0 spiro atoms. The van der Waals surface area contributed by atoms with Crippen LogP contribution in [0.25, 0.3) is 5.70 Å². The molecule has 4 rings (SSSR count). The quantitative estimate of drug-likeness (QED) is 0.227. The van der Waals surface area contributed by atoms with Crippen LogP contribution in [0.1, 0.15) is 45.6 Å². The Kier molecular flexibility index (Phi) is 8.70. The van der Waals surface area contributed by atoms with Gasteiger partial charge < -0.3 is 21.3 Å². The van der Waals surface area contributed by atoms with E-state index in [1.165, 1.54) is 11.1 Å². The third-order valence-electron chi connectivity index (χ3n) is 7.10. The average molecular weight is 557 g/mol. The number of hydrazine groups is 1. The number of halogens is 3. The fourth-order valence-corrected chi connectivity index (χ4v) is 4.65. The lowest BCUT2D eigenvalue weighted by molar-refractivity contribution is -0.137. The lowest BCUT2D eigenvalue weighted by Crippen LogP contribution is -2.27. The van der Waals surface area contributed by atoms with Crippen molar-refractivity contribution < 1.29 is 18.0 Å². The Morgan fingerprint density at radius 2 is 1.85 bits per heavy atom. The van der Waals surface area contributed by atoms with Crippen molar-refractivity contribution >= 4 is 28.7 Å². The minimum atomic E-state index is -4.58. The van der Waals surface area contributed by atoms with Crippen molar-refractivity contribution in [3.63, 3.8) is 0 Å². The van der Waals surface area contributed by atoms with Gasteiger partial charge in [-0.1, -0.05) is 6.07 Å². The van der Waals surface area contributed by atoms with Crippen LogP contribution in [0.15, 0.2) is 48.8 Å². The first-order valence-corrected chi connectivity index (χ1v) is 13.0. The van der Waals surface area contributed by atoms with E-state index in [0.717, 1.165) is 61.4 Å². The summed E-state index contributed by atoms with van der Waals surface area (Å²) >= 11 is 0.